The first-order valence-corrected chi connectivity index (χ1v) is 5.01. The van der Waals surface area contributed by atoms with Gasteiger partial charge >= 0.3 is 0 Å². The summed E-state index contributed by atoms with van der Waals surface area (Å²) in [5.41, 5.74) is 1.15. The number of rotatable bonds is 2. The van der Waals surface area contributed by atoms with Gasteiger partial charge in [0.25, 0.3) is 0 Å². The fourth-order valence-corrected chi connectivity index (χ4v) is 1.52. The highest BCUT2D eigenvalue weighted by Crippen LogP contribution is 2.12. The van der Waals surface area contributed by atoms with Crippen molar-refractivity contribution in [1.29, 1.82) is 0 Å². The van der Waals surface area contributed by atoms with Gasteiger partial charge in [-0.3, -0.25) is 4.68 Å². The van der Waals surface area contributed by atoms with Gasteiger partial charge in [-0.25, -0.2) is 0 Å². The molecule has 0 spiro atoms. The van der Waals surface area contributed by atoms with Crippen LogP contribution in [0.1, 0.15) is 5.69 Å². The maximum Gasteiger partial charge on any atom is 0.150 e. The molecule has 2 rings (SSSR count). The van der Waals surface area contributed by atoms with Gasteiger partial charge in [-0.15, -0.1) is 0 Å². The molecule has 0 saturated carbocycles. The fraction of sp³-hybridized carbons (Fsp3) is 0.364. The lowest BCUT2D eigenvalue weighted by atomic mass is 10.3. The minimum absolute atomic E-state index is 0.185. The average molecular weight is 204 g/mol. The SMILES string of the molecule is Cc1cc(NC2C=CC=CN2C)nn1C. The molecule has 1 unspecified atom stereocenters. The topological polar surface area (TPSA) is 33.1 Å². The normalized spacial score (nSPS) is 19.7. The predicted molar refractivity (Wildman–Crippen MR) is 61.4 cm³/mol. The highest BCUT2D eigenvalue weighted by atomic mass is 15.3. The maximum atomic E-state index is 4.36. The Morgan fingerprint density at radius 2 is 2.13 bits per heavy atom. The smallest absolute Gasteiger partial charge is 0.150 e. The van der Waals surface area contributed by atoms with Gasteiger partial charge < -0.3 is 10.2 Å². The summed E-state index contributed by atoms with van der Waals surface area (Å²) in [4.78, 5) is 2.10. The molecule has 0 radical (unpaired) electrons. The van der Waals surface area contributed by atoms with E-state index in [1.165, 1.54) is 0 Å². The molecule has 1 aromatic rings. The zero-order chi connectivity index (χ0) is 10.8. The van der Waals surface area contributed by atoms with E-state index in [-0.39, 0.29) is 6.17 Å². The fourth-order valence-electron chi connectivity index (χ4n) is 1.52. The number of allylic oxidation sites excluding steroid dienone is 2. The van der Waals surface area contributed by atoms with Crippen LogP contribution in [0.25, 0.3) is 0 Å². The van der Waals surface area contributed by atoms with Crippen LogP contribution < -0.4 is 5.32 Å². The summed E-state index contributed by atoms with van der Waals surface area (Å²) in [6.45, 7) is 2.04. The lowest BCUT2D eigenvalue weighted by Gasteiger charge is -2.26. The molecule has 15 heavy (non-hydrogen) atoms. The van der Waals surface area contributed by atoms with Gasteiger partial charge in [0.15, 0.2) is 0 Å². The monoisotopic (exact) mass is 204 g/mol. The van der Waals surface area contributed by atoms with Crippen molar-refractivity contribution in [3.8, 4) is 0 Å². The molecule has 4 nitrogen and oxygen atoms in total. The molecule has 1 N–H and O–H groups in total. The van der Waals surface area contributed by atoms with Gasteiger partial charge in [-0.1, -0.05) is 6.08 Å². The lowest BCUT2D eigenvalue weighted by Crippen LogP contribution is -2.33. The average Bonchev–Trinajstić information content (AvgIpc) is 2.50. The van der Waals surface area contributed by atoms with Crippen LogP contribution in [0.2, 0.25) is 0 Å². The molecular weight excluding hydrogens is 188 g/mol. The highest BCUT2D eigenvalue weighted by Gasteiger charge is 2.11. The Balaban J connectivity index is 2.08. The molecule has 0 bridgehead atoms. The van der Waals surface area contributed by atoms with E-state index in [4.69, 9.17) is 0 Å². The zero-order valence-corrected chi connectivity index (χ0v) is 9.31. The Hall–Kier alpha value is -1.71. The van der Waals surface area contributed by atoms with E-state index in [1.54, 1.807) is 0 Å². The first kappa shape index (κ1) is 9.83. The highest BCUT2D eigenvalue weighted by molar-refractivity contribution is 5.38. The molecule has 0 fully saturated rings. The Labute approximate surface area is 89.9 Å². The van der Waals surface area contributed by atoms with E-state index in [0.717, 1.165) is 11.5 Å². The van der Waals surface area contributed by atoms with Crippen molar-refractivity contribution in [1.82, 2.24) is 14.7 Å². The number of nitrogens with one attached hydrogen (secondary N) is 1. The molecule has 1 aliphatic rings. The van der Waals surface area contributed by atoms with Crippen molar-refractivity contribution >= 4 is 5.82 Å². The second-order valence-electron chi connectivity index (χ2n) is 3.78. The van der Waals surface area contributed by atoms with E-state index >= 15 is 0 Å². The standard InChI is InChI=1S/C11H16N4/c1-9-8-10(13-15(9)3)12-11-6-4-5-7-14(11)2/h4-8,11H,1-3H3,(H,12,13). The summed E-state index contributed by atoms with van der Waals surface area (Å²) >= 11 is 0. The van der Waals surface area contributed by atoms with Crippen LogP contribution in [0.5, 0.6) is 0 Å². The number of likely N-dealkylation sites (N-methyl/N-ethyl adjacent to an activating group) is 1. The molecule has 1 atom stereocenters. The van der Waals surface area contributed by atoms with Crippen LogP contribution in [0.15, 0.2) is 30.5 Å². The van der Waals surface area contributed by atoms with Gasteiger partial charge in [0.1, 0.15) is 12.0 Å². The largest absolute Gasteiger partial charge is 0.357 e. The summed E-state index contributed by atoms with van der Waals surface area (Å²) in [7, 11) is 3.98. The van der Waals surface area contributed by atoms with E-state index in [0.29, 0.717) is 0 Å². The molecule has 2 heterocycles. The summed E-state index contributed by atoms with van der Waals surface area (Å²) in [6, 6.07) is 2.04. The van der Waals surface area contributed by atoms with Crippen LogP contribution in [0, 0.1) is 6.92 Å². The number of hydrogen-bond acceptors (Lipinski definition) is 3. The van der Waals surface area contributed by atoms with Crippen molar-refractivity contribution in [3.63, 3.8) is 0 Å². The number of aryl methyl sites for hydroxylation is 2. The predicted octanol–water partition coefficient (Wildman–Crippen LogP) is 1.48. The van der Waals surface area contributed by atoms with Gasteiger partial charge in [0.2, 0.25) is 0 Å². The molecule has 1 aliphatic heterocycles. The number of aromatic nitrogens is 2. The maximum absolute atomic E-state index is 4.36. The molecule has 4 heteroatoms. The Morgan fingerprint density at radius 3 is 2.73 bits per heavy atom. The Bertz CT molecular complexity index is 383. The number of nitrogens with zero attached hydrogens (tertiary/aromatic N) is 3. The van der Waals surface area contributed by atoms with E-state index in [1.807, 2.05) is 50.1 Å². The Kier molecular flexibility index (Phi) is 2.49. The first-order chi connectivity index (χ1) is 7.16. The third-order valence-electron chi connectivity index (χ3n) is 2.57. The van der Waals surface area contributed by atoms with Crippen LogP contribution in [-0.4, -0.2) is 27.9 Å². The zero-order valence-electron chi connectivity index (χ0n) is 9.31. The van der Waals surface area contributed by atoms with Crippen molar-refractivity contribution in [2.45, 2.75) is 13.1 Å². The molecule has 1 aromatic heterocycles. The van der Waals surface area contributed by atoms with Crippen LogP contribution in [-0.2, 0) is 7.05 Å². The summed E-state index contributed by atoms with van der Waals surface area (Å²) in [5.74, 6) is 0.909. The van der Waals surface area contributed by atoms with E-state index in [9.17, 15) is 0 Å². The summed E-state index contributed by atoms with van der Waals surface area (Å²) in [5, 5.41) is 7.71. The molecule has 0 aliphatic carbocycles. The van der Waals surface area contributed by atoms with Crippen LogP contribution in [0.3, 0.4) is 0 Å². The van der Waals surface area contributed by atoms with Gasteiger partial charge in [0.05, 0.1) is 0 Å². The minimum atomic E-state index is 0.185. The molecule has 80 valence electrons. The third-order valence-corrected chi connectivity index (χ3v) is 2.57. The number of anilines is 1. The van der Waals surface area contributed by atoms with Crippen molar-refractivity contribution < 1.29 is 0 Å². The van der Waals surface area contributed by atoms with Crippen molar-refractivity contribution in [2.24, 2.45) is 7.05 Å². The quantitative estimate of drug-likeness (QED) is 0.792. The lowest BCUT2D eigenvalue weighted by molar-refractivity contribution is 0.410. The van der Waals surface area contributed by atoms with E-state index in [2.05, 4.69) is 21.4 Å². The second-order valence-corrected chi connectivity index (χ2v) is 3.78. The van der Waals surface area contributed by atoms with Crippen LogP contribution >= 0.6 is 0 Å². The summed E-state index contributed by atoms with van der Waals surface area (Å²) < 4.78 is 1.87. The molecule has 0 amide bonds. The molecule has 0 saturated heterocycles. The van der Waals surface area contributed by atoms with Crippen molar-refractivity contribution in [2.75, 3.05) is 12.4 Å². The Morgan fingerprint density at radius 1 is 1.33 bits per heavy atom. The molecular formula is C11H16N4. The van der Waals surface area contributed by atoms with Gasteiger partial charge in [-0.2, -0.15) is 5.10 Å². The third kappa shape index (κ3) is 2.03. The van der Waals surface area contributed by atoms with Crippen molar-refractivity contribution in [3.05, 3.63) is 36.2 Å². The summed E-state index contributed by atoms with van der Waals surface area (Å²) in [6.07, 6.45) is 8.37. The van der Waals surface area contributed by atoms with Gasteiger partial charge in [0, 0.05) is 32.1 Å². The second kappa shape index (κ2) is 3.81. The minimum Gasteiger partial charge on any atom is -0.357 e. The van der Waals surface area contributed by atoms with E-state index < -0.39 is 0 Å². The number of hydrogen-bond donors (Lipinski definition) is 1. The van der Waals surface area contributed by atoms with Gasteiger partial charge in [-0.05, 0) is 19.1 Å². The van der Waals surface area contributed by atoms with Crippen LogP contribution in [0.4, 0.5) is 5.82 Å². The first-order valence-electron chi connectivity index (χ1n) is 5.01. The molecule has 0 aromatic carbocycles.